The van der Waals surface area contributed by atoms with Gasteiger partial charge in [-0.05, 0) is 43.5 Å². The SMILES string of the molecule is Cc1cc(F)ccc1-n1nc(C)c(C(C)C)c1Cl. The second-order valence-electron chi connectivity index (χ2n) is 4.79. The standard InChI is InChI=1S/C14H16ClFN2/c1-8(2)13-10(4)17-18(14(13)15)12-6-5-11(16)7-9(12)3/h5-8H,1-4H3. The first-order valence-corrected chi connectivity index (χ1v) is 6.31. The monoisotopic (exact) mass is 266 g/mol. The van der Waals surface area contributed by atoms with E-state index in [0.717, 1.165) is 22.5 Å². The zero-order chi connectivity index (χ0) is 13.4. The maximum atomic E-state index is 13.1. The van der Waals surface area contributed by atoms with Crippen molar-refractivity contribution >= 4 is 11.6 Å². The smallest absolute Gasteiger partial charge is 0.136 e. The molecule has 0 aliphatic rings. The maximum absolute atomic E-state index is 13.1. The van der Waals surface area contributed by atoms with Crippen LogP contribution >= 0.6 is 11.6 Å². The fraction of sp³-hybridized carbons (Fsp3) is 0.357. The molecule has 0 saturated carbocycles. The number of hydrogen-bond acceptors (Lipinski definition) is 1. The van der Waals surface area contributed by atoms with Gasteiger partial charge in [0.2, 0.25) is 0 Å². The minimum atomic E-state index is -0.250. The second kappa shape index (κ2) is 4.73. The van der Waals surface area contributed by atoms with E-state index in [1.165, 1.54) is 12.1 Å². The van der Waals surface area contributed by atoms with Crippen molar-refractivity contribution in [1.82, 2.24) is 9.78 Å². The third kappa shape index (κ3) is 2.15. The van der Waals surface area contributed by atoms with Crippen LogP contribution in [-0.4, -0.2) is 9.78 Å². The van der Waals surface area contributed by atoms with Crippen molar-refractivity contribution in [2.45, 2.75) is 33.6 Å². The molecule has 18 heavy (non-hydrogen) atoms. The van der Waals surface area contributed by atoms with Crippen molar-refractivity contribution < 1.29 is 4.39 Å². The molecule has 0 amide bonds. The number of halogens is 2. The molecular formula is C14H16ClFN2. The molecule has 0 bridgehead atoms. The first kappa shape index (κ1) is 13.1. The topological polar surface area (TPSA) is 17.8 Å². The van der Waals surface area contributed by atoms with Crippen molar-refractivity contribution in [3.63, 3.8) is 0 Å². The van der Waals surface area contributed by atoms with Gasteiger partial charge in [-0.2, -0.15) is 5.10 Å². The molecule has 2 rings (SSSR count). The lowest BCUT2D eigenvalue weighted by Crippen LogP contribution is -2.00. The van der Waals surface area contributed by atoms with Crippen molar-refractivity contribution in [3.8, 4) is 5.69 Å². The highest BCUT2D eigenvalue weighted by atomic mass is 35.5. The largest absolute Gasteiger partial charge is 0.221 e. The molecule has 0 N–H and O–H groups in total. The number of nitrogens with zero attached hydrogens (tertiary/aromatic N) is 2. The molecule has 1 aromatic heterocycles. The zero-order valence-corrected chi connectivity index (χ0v) is 11.7. The van der Waals surface area contributed by atoms with Crippen LogP contribution in [0, 0.1) is 19.7 Å². The van der Waals surface area contributed by atoms with E-state index >= 15 is 0 Å². The molecule has 0 aliphatic heterocycles. The average Bonchev–Trinajstić information content (AvgIpc) is 2.54. The van der Waals surface area contributed by atoms with Gasteiger partial charge in [0.1, 0.15) is 11.0 Å². The van der Waals surface area contributed by atoms with Crippen LogP contribution in [0.3, 0.4) is 0 Å². The molecule has 1 heterocycles. The summed E-state index contributed by atoms with van der Waals surface area (Å²) in [5.74, 6) is 0.0624. The summed E-state index contributed by atoms with van der Waals surface area (Å²) in [4.78, 5) is 0. The molecule has 0 fully saturated rings. The predicted octanol–water partition coefficient (Wildman–Crippen LogP) is 4.41. The first-order valence-electron chi connectivity index (χ1n) is 5.93. The molecule has 0 aliphatic carbocycles. The van der Waals surface area contributed by atoms with Gasteiger partial charge in [-0.1, -0.05) is 25.4 Å². The van der Waals surface area contributed by atoms with Crippen LogP contribution in [0.25, 0.3) is 5.69 Å². The Hall–Kier alpha value is -1.35. The van der Waals surface area contributed by atoms with E-state index in [0.29, 0.717) is 11.1 Å². The van der Waals surface area contributed by atoms with Gasteiger partial charge in [-0.3, -0.25) is 0 Å². The maximum Gasteiger partial charge on any atom is 0.136 e. The Bertz CT molecular complexity index is 588. The summed E-state index contributed by atoms with van der Waals surface area (Å²) in [5.41, 5.74) is 3.59. The van der Waals surface area contributed by atoms with Crippen LogP contribution in [0.2, 0.25) is 5.15 Å². The molecule has 2 nitrogen and oxygen atoms in total. The highest BCUT2D eigenvalue weighted by Crippen LogP contribution is 2.30. The fourth-order valence-electron chi connectivity index (χ4n) is 2.18. The van der Waals surface area contributed by atoms with Gasteiger partial charge in [0.15, 0.2) is 0 Å². The third-order valence-corrected chi connectivity index (χ3v) is 3.38. The Kier molecular flexibility index (Phi) is 3.44. The quantitative estimate of drug-likeness (QED) is 0.787. The highest BCUT2D eigenvalue weighted by Gasteiger charge is 2.18. The van der Waals surface area contributed by atoms with E-state index in [-0.39, 0.29) is 5.82 Å². The molecule has 96 valence electrons. The number of hydrogen-bond donors (Lipinski definition) is 0. The van der Waals surface area contributed by atoms with E-state index in [1.54, 1.807) is 10.7 Å². The van der Waals surface area contributed by atoms with E-state index in [4.69, 9.17) is 11.6 Å². The number of aromatic nitrogens is 2. The number of aryl methyl sites for hydroxylation is 2. The van der Waals surface area contributed by atoms with E-state index in [1.807, 2.05) is 13.8 Å². The van der Waals surface area contributed by atoms with Crippen LogP contribution in [0.5, 0.6) is 0 Å². The van der Waals surface area contributed by atoms with Gasteiger partial charge < -0.3 is 0 Å². The van der Waals surface area contributed by atoms with Gasteiger partial charge in [0, 0.05) is 5.56 Å². The van der Waals surface area contributed by atoms with Crippen molar-refractivity contribution in [3.05, 3.63) is 46.0 Å². The average molecular weight is 267 g/mol. The normalized spacial score (nSPS) is 11.3. The zero-order valence-electron chi connectivity index (χ0n) is 11.0. The van der Waals surface area contributed by atoms with Crippen LogP contribution in [0.4, 0.5) is 4.39 Å². The minimum Gasteiger partial charge on any atom is -0.221 e. The Morgan fingerprint density at radius 3 is 2.44 bits per heavy atom. The number of benzene rings is 1. The van der Waals surface area contributed by atoms with E-state index in [9.17, 15) is 4.39 Å². The Balaban J connectivity index is 2.62. The van der Waals surface area contributed by atoms with Gasteiger partial charge >= 0.3 is 0 Å². The lowest BCUT2D eigenvalue weighted by Gasteiger charge is -2.08. The summed E-state index contributed by atoms with van der Waals surface area (Å²) >= 11 is 6.38. The molecule has 1 aromatic carbocycles. The van der Waals surface area contributed by atoms with Gasteiger partial charge in [-0.15, -0.1) is 0 Å². The molecule has 0 saturated heterocycles. The summed E-state index contributed by atoms with van der Waals surface area (Å²) in [6.45, 7) is 7.95. The Morgan fingerprint density at radius 2 is 1.94 bits per heavy atom. The summed E-state index contributed by atoms with van der Waals surface area (Å²) in [6, 6.07) is 4.61. The van der Waals surface area contributed by atoms with Gasteiger partial charge in [0.25, 0.3) is 0 Å². The second-order valence-corrected chi connectivity index (χ2v) is 5.15. The molecule has 0 spiro atoms. The van der Waals surface area contributed by atoms with Crippen LogP contribution < -0.4 is 0 Å². The summed E-state index contributed by atoms with van der Waals surface area (Å²) in [6.07, 6.45) is 0. The van der Waals surface area contributed by atoms with Crippen LogP contribution in [0.1, 0.15) is 36.6 Å². The van der Waals surface area contributed by atoms with E-state index in [2.05, 4.69) is 18.9 Å². The number of rotatable bonds is 2. The first-order chi connectivity index (χ1) is 8.41. The molecule has 0 unspecified atom stereocenters. The van der Waals surface area contributed by atoms with Crippen LogP contribution in [-0.2, 0) is 0 Å². The minimum absolute atomic E-state index is 0.250. The van der Waals surface area contributed by atoms with E-state index < -0.39 is 0 Å². The molecule has 2 aromatic rings. The van der Waals surface area contributed by atoms with Gasteiger partial charge in [0.05, 0.1) is 11.4 Å². The van der Waals surface area contributed by atoms with Gasteiger partial charge in [-0.25, -0.2) is 9.07 Å². The molecule has 0 radical (unpaired) electrons. The lowest BCUT2D eigenvalue weighted by molar-refractivity contribution is 0.625. The summed E-state index contributed by atoms with van der Waals surface area (Å²) < 4.78 is 14.8. The Labute approximate surface area is 111 Å². The fourth-order valence-corrected chi connectivity index (χ4v) is 2.67. The molecule has 0 atom stereocenters. The highest BCUT2D eigenvalue weighted by molar-refractivity contribution is 6.30. The van der Waals surface area contributed by atoms with Crippen molar-refractivity contribution in [2.75, 3.05) is 0 Å². The van der Waals surface area contributed by atoms with Crippen molar-refractivity contribution in [2.24, 2.45) is 0 Å². The van der Waals surface area contributed by atoms with Crippen LogP contribution in [0.15, 0.2) is 18.2 Å². The predicted molar refractivity (Wildman–Crippen MR) is 72.1 cm³/mol. The Morgan fingerprint density at radius 1 is 1.28 bits per heavy atom. The summed E-state index contributed by atoms with van der Waals surface area (Å²) in [7, 11) is 0. The molecular weight excluding hydrogens is 251 g/mol. The lowest BCUT2D eigenvalue weighted by atomic mass is 10.1. The molecule has 4 heteroatoms. The summed E-state index contributed by atoms with van der Waals surface area (Å²) in [5, 5.41) is 5.06. The third-order valence-electron chi connectivity index (χ3n) is 3.01. The van der Waals surface area contributed by atoms with Crippen molar-refractivity contribution in [1.29, 1.82) is 0 Å².